The molecule has 0 saturated carbocycles. The molecule has 4 rings (SSSR count). The molecule has 0 aromatic heterocycles. The minimum Gasteiger partial charge on any atom is -0.488 e. The van der Waals surface area contributed by atoms with Crippen molar-refractivity contribution in [2.75, 3.05) is 53.6 Å². The summed E-state index contributed by atoms with van der Waals surface area (Å²) in [7, 11) is -2.15. The topological polar surface area (TPSA) is 204 Å². The Labute approximate surface area is 308 Å². The average molecular weight is 770 g/mol. The molecule has 2 heterocycles. The molecule has 0 aliphatic carbocycles. The van der Waals surface area contributed by atoms with Gasteiger partial charge in [0.1, 0.15) is 5.78 Å². The number of carbonyl (C=O) groups excluding carboxylic acids is 1. The van der Waals surface area contributed by atoms with Gasteiger partial charge in [-0.25, -0.2) is 8.78 Å². The van der Waals surface area contributed by atoms with Gasteiger partial charge in [-0.15, -0.1) is 0 Å². The number of halogens is 2. The number of carbonyl (C=O) groups is 1. The summed E-state index contributed by atoms with van der Waals surface area (Å²) in [5.41, 5.74) is 0.647. The highest BCUT2D eigenvalue weighted by molar-refractivity contribution is 7.53. The van der Waals surface area contributed by atoms with E-state index < -0.39 is 60.3 Å². The maximum Gasteiger partial charge on any atom is 0.376 e. The highest BCUT2D eigenvalue weighted by atomic mass is 31.2. The molecule has 0 bridgehead atoms. The van der Waals surface area contributed by atoms with Crippen LogP contribution in [-0.4, -0.2) is 103 Å². The number of ketones is 1. The van der Waals surface area contributed by atoms with Crippen LogP contribution in [0.1, 0.15) is 50.7 Å². The Bertz CT molecular complexity index is 1640. The van der Waals surface area contributed by atoms with Crippen molar-refractivity contribution in [1.82, 2.24) is 9.62 Å². The van der Waals surface area contributed by atoms with Crippen LogP contribution < -0.4 is 9.47 Å². The van der Waals surface area contributed by atoms with E-state index in [9.17, 15) is 43.4 Å². The Kier molecular flexibility index (Phi) is 18.7. The summed E-state index contributed by atoms with van der Waals surface area (Å²) in [6, 6.07) is 4.65. The average Bonchev–Trinajstić information content (AvgIpc) is 3.08. The summed E-state index contributed by atoms with van der Waals surface area (Å²) in [5.74, 6) is -2.24. The lowest BCUT2D eigenvalue weighted by Crippen LogP contribution is -2.44. The van der Waals surface area contributed by atoms with Crippen molar-refractivity contribution in [3.63, 3.8) is 0 Å². The molecule has 2 saturated heterocycles. The van der Waals surface area contributed by atoms with Crippen molar-refractivity contribution in [2.24, 2.45) is 0 Å². The van der Waals surface area contributed by atoms with Crippen molar-refractivity contribution in [3.8, 4) is 11.5 Å². The van der Waals surface area contributed by atoms with Crippen molar-refractivity contribution in [2.45, 2.75) is 59.3 Å². The standard InChI is InChI=1S/C14H18BFN2O4.C12H17FNO6P.C6H12BNO2/c1-15(19)17-5-3-4-10(9-17)6-11-7-12(16)14(22-2)13(8-11)18(20)21;1-4-19-21(17,20-5-2)8-9-6-10(13)12(18-3)11(7-9)14(15)16;1-7(10)8-4-2-3-6(9)5-8/h6-8,19H,3-5,9H2,1-2H3;6-7H,4-5,8H2,1-3H3;10H,2-5H2,1H3. The monoisotopic (exact) mass is 770 g/mol. The molecule has 2 aliphatic heterocycles. The molecule has 21 heteroatoms. The van der Waals surface area contributed by atoms with Crippen LogP contribution in [0.3, 0.4) is 0 Å². The number of ether oxygens (including phenoxy) is 2. The number of benzene rings is 2. The van der Waals surface area contributed by atoms with Crippen molar-refractivity contribution >= 4 is 44.9 Å². The van der Waals surface area contributed by atoms with Crippen LogP contribution in [-0.2, 0) is 24.6 Å². The lowest BCUT2D eigenvalue weighted by molar-refractivity contribution is -0.386. The predicted molar refractivity (Wildman–Crippen MR) is 196 cm³/mol. The van der Waals surface area contributed by atoms with E-state index in [1.165, 1.54) is 19.2 Å². The molecule has 16 nitrogen and oxygen atoms in total. The van der Waals surface area contributed by atoms with Crippen molar-refractivity contribution in [3.05, 3.63) is 72.8 Å². The third kappa shape index (κ3) is 14.2. The Balaban J connectivity index is 0.000000294. The first kappa shape index (κ1) is 45.4. The van der Waals surface area contributed by atoms with Gasteiger partial charge in [-0.2, -0.15) is 0 Å². The van der Waals surface area contributed by atoms with Crippen LogP contribution >= 0.6 is 7.60 Å². The molecular weight excluding hydrogens is 723 g/mol. The van der Waals surface area contributed by atoms with Crippen LogP contribution in [0.25, 0.3) is 6.08 Å². The van der Waals surface area contributed by atoms with Crippen LogP contribution in [0.15, 0.2) is 29.8 Å². The maximum atomic E-state index is 13.9. The minimum absolute atomic E-state index is 0.144. The second-order valence-corrected chi connectivity index (χ2v) is 14.1. The van der Waals surface area contributed by atoms with E-state index in [-0.39, 0.29) is 36.5 Å². The predicted octanol–water partition coefficient (Wildman–Crippen LogP) is 5.60. The van der Waals surface area contributed by atoms with Gasteiger partial charge in [0.2, 0.25) is 11.5 Å². The lowest BCUT2D eigenvalue weighted by atomic mass is 9.82. The van der Waals surface area contributed by atoms with Gasteiger partial charge in [-0.05, 0) is 83.1 Å². The first-order valence-electron chi connectivity index (χ1n) is 16.9. The maximum absolute atomic E-state index is 13.9. The second kappa shape index (κ2) is 21.8. The highest BCUT2D eigenvalue weighted by Crippen LogP contribution is 2.52. The first-order valence-corrected chi connectivity index (χ1v) is 18.7. The normalized spacial score (nSPS) is 15.8. The number of piperidine rings is 2. The summed E-state index contributed by atoms with van der Waals surface area (Å²) in [4.78, 5) is 35.0. The van der Waals surface area contributed by atoms with Gasteiger partial charge >= 0.3 is 33.1 Å². The van der Waals surface area contributed by atoms with E-state index in [1.54, 1.807) is 38.4 Å². The molecule has 2 N–H and O–H groups in total. The molecule has 0 atom stereocenters. The molecule has 0 radical (unpaired) electrons. The summed E-state index contributed by atoms with van der Waals surface area (Å²) < 4.78 is 59.7. The molecule has 292 valence electrons. The van der Waals surface area contributed by atoms with E-state index in [1.807, 2.05) is 4.81 Å². The van der Waals surface area contributed by atoms with Crippen LogP contribution in [0, 0.1) is 31.9 Å². The Morgan fingerprint density at radius 3 is 1.79 bits per heavy atom. The van der Waals surface area contributed by atoms with Gasteiger partial charge in [-0.1, -0.05) is 11.6 Å². The summed E-state index contributed by atoms with van der Waals surface area (Å²) in [6.07, 6.45) is 4.77. The molecule has 2 aromatic rings. The molecule has 2 fully saturated rings. The number of rotatable bonds is 13. The third-order valence-corrected chi connectivity index (χ3v) is 10.1. The molecule has 53 heavy (non-hydrogen) atoms. The number of nitro benzene ring substituents is 2. The minimum atomic E-state index is -3.46. The number of nitrogens with zero attached hydrogens (tertiary/aromatic N) is 4. The van der Waals surface area contributed by atoms with Crippen LogP contribution in [0.4, 0.5) is 20.2 Å². The van der Waals surface area contributed by atoms with Crippen LogP contribution in [0.2, 0.25) is 13.6 Å². The van der Waals surface area contributed by atoms with E-state index in [4.69, 9.17) is 18.8 Å². The summed E-state index contributed by atoms with van der Waals surface area (Å²) >= 11 is 0. The molecule has 0 unspecified atom stereocenters. The van der Waals surface area contributed by atoms with E-state index in [0.717, 1.165) is 57.2 Å². The number of nitro groups is 2. The number of Topliss-reactive ketones (excluding diaryl/α,β-unsaturated/α-hetero) is 1. The fraction of sp³-hybridized carbons (Fsp3) is 0.531. The van der Waals surface area contributed by atoms with E-state index in [2.05, 4.69) is 4.74 Å². The fourth-order valence-electron chi connectivity index (χ4n) is 5.61. The van der Waals surface area contributed by atoms with Crippen molar-refractivity contribution < 1.29 is 56.6 Å². The molecule has 0 spiro atoms. The largest absolute Gasteiger partial charge is 0.488 e. The van der Waals surface area contributed by atoms with Gasteiger partial charge in [0.15, 0.2) is 11.6 Å². The third-order valence-electron chi connectivity index (χ3n) is 8.02. The Morgan fingerprint density at radius 1 is 0.849 bits per heavy atom. The van der Waals surface area contributed by atoms with Crippen LogP contribution in [0.5, 0.6) is 11.5 Å². The quantitative estimate of drug-likeness (QED) is 0.110. The van der Waals surface area contributed by atoms with Gasteiger partial charge in [0.05, 0.1) is 43.4 Å². The number of methoxy groups -OCH3 is 2. The first-order chi connectivity index (χ1) is 25.0. The zero-order valence-electron chi connectivity index (χ0n) is 30.8. The fourth-order valence-corrected chi connectivity index (χ4v) is 7.29. The van der Waals surface area contributed by atoms with Gasteiger partial charge in [-0.3, -0.25) is 29.6 Å². The van der Waals surface area contributed by atoms with Gasteiger partial charge in [0.25, 0.3) is 0 Å². The lowest BCUT2D eigenvalue weighted by Gasteiger charge is -2.29. The van der Waals surface area contributed by atoms with Gasteiger partial charge in [0, 0.05) is 31.6 Å². The zero-order valence-corrected chi connectivity index (χ0v) is 31.7. The smallest absolute Gasteiger partial charge is 0.376 e. The van der Waals surface area contributed by atoms with Gasteiger partial charge < -0.3 is 38.2 Å². The van der Waals surface area contributed by atoms with Crippen molar-refractivity contribution in [1.29, 1.82) is 0 Å². The summed E-state index contributed by atoms with van der Waals surface area (Å²) in [5, 5.41) is 40.6. The Morgan fingerprint density at radius 2 is 1.34 bits per heavy atom. The zero-order chi connectivity index (χ0) is 39.9. The summed E-state index contributed by atoms with van der Waals surface area (Å²) in [6.45, 7) is 9.62. The number of hydrogen-bond donors (Lipinski definition) is 2. The molecule has 2 aromatic carbocycles. The van der Waals surface area contributed by atoms with E-state index >= 15 is 0 Å². The van der Waals surface area contributed by atoms with E-state index in [0.29, 0.717) is 25.1 Å². The second-order valence-electron chi connectivity index (χ2n) is 12.1. The number of hydrogen-bond acceptors (Lipinski definition) is 14. The Hall–Kier alpha value is -3.77. The SMILES string of the molecule is CB(O)N1CCCC(=O)C1.CCOP(=O)(Cc1cc(F)c(OC)c([N+](=O)[O-])c1)OCC.COc1c(F)cc(C=C2CCCN(B(C)O)C2)cc1[N+](=O)[O-]. The highest BCUT2D eigenvalue weighted by Gasteiger charge is 2.29. The molecule has 2 aliphatic rings. The molecule has 0 amide bonds. The molecular formula is C32H47B2F2N4O12P.